The smallest absolute Gasteiger partial charge is 0.276 e. The highest BCUT2D eigenvalue weighted by molar-refractivity contribution is 6.02. The molecule has 7 nitrogen and oxygen atoms in total. The van der Waals surface area contributed by atoms with Crippen LogP contribution < -0.4 is 10.9 Å². The monoisotopic (exact) mass is 295 g/mol. The van der Waals surface area contributed by atoms with Crippen LogP contribution in [0.4, 0.5) is 5.69 Å². The van der Waals surface area contributed by atoms with Crippen molar-refractivity contribution in [3.8, 4) is 11.3 Å². The molecular weight excluding hydrogens is 282 g/mol. The lowest BCUT2D eigenvalue weighted by atomic mass is 10.1. The maximum Gasteiger partial charge on any atom is 0.276 e. The van der Waals surface area contributed by atoms with E-state index in [9.17, 15) is 9.59 Å². The number of aromatic nitrogens is 4. The molecule has 7 heteroatoms. The van der Waals surface area contributed by atoms with Gasteiger partial charge in [0.15, 0.2) is 0 Å². The number of amides is 1. The molecule has 110 valence electrons. The van der Waals surface area contributed by atoms with Gasteiger partial charge in [0.25, 0.3) is 11.5 Å². The lowest BCUT2D eigenvalue weighted by Gasteiger charge is -2.06. The molecule has 0 aliphatic rings. The maximum absolute atomic E-state index is 12.1. The molecule has 2 heterocycles. The zero-order valence-electron chi connectivity index (χ0n) is 11.8. The van der Waals surface area contributed by atoms with Crippen molar-refractivity contribution >= 4 is 11.6 Å². The van der Waals surface area contributed by atoms with E-state index in [1.54, 1.807) is 12.4 Å². The van der Waals surface area contributed by atoms with Crippen molar-refractivity contribution in [3.05, 3.63) is 64.5 Å². The van der Waals surface area contributed by atoms with Crippen LogP contribution in [0.3, 0.4) is 0 Å². The molecule has 3 aromatic rings. The molecule has 0 atom stereocenters. The fourth-order valence-corrected chi connectivity index (χ4v) is 2.06. The van der Waals surface area contributed by atoms with Gasteiger partial charge in [0.05, 0.1) is 12.0 Å². The normalized spacial score (nSPS) is 10.4. The van der Waals surface area contributed by atoms with Crippen LogP contribution in [-0.2, 0) is 0 Å². The van der Waals surface area contributed by atoms with Crippen LogP contribution in [0.15, 0.2) is 47.5 Å². The number of carbonyl (C=O) groups is 1. The van der Waals surface area contributed by atoms with Crippen LogP contribution in [-0.4, -0.2) is 26.1 Å². The van der Waals surface area contributed by atoms with Gasteiger partial charge in [-0.25, -0.2) is 10.1 Å². The number of nitrogens with zero attached hydrogens (tertiary/aromatic N) is 2. The number of carbonyl (C=O) groups excluding carboxylic acids is 1. The Morgan fingerprint density at radius 3 is 2.77 bits per heavy atom. The summed E-state index contributed by atoms with van der Waals surface area (Å²) in [5.74, 6) is -0.396. The van der Waals surface area contributed by atoms with Crippen molar-refractivity contribution in [1.29, 1.82) is 0 Å². The lowest BCUT2D eigenvalue weighted by Crippen LogP contribution is -2.17. The number of H-pyrrole nitrogens is 2. The Morgan fingerprint density at radius 2 is 2.09 bits per heavy atom. The van der Waals surface area contributed by atoms with Crippen molar-refractivity contribution < 1.29 is 4.79 Å². The van der Waals surface area contributed by atoms with E-state index in [-0.39, 0.29) is 11.3 Å². The quantitative estimate of drug-likeness (QED) is 0.684. The van der Waals surface area contributed by atoms with Crippen LogP contribution in [0.1, 0.15) is 16.2 Å². The SMILES string of the molecule is Cc1[nH]cnc1-c1cccc(NC(=O)c2ccc(=O)[nH]n2)c1. The Kier molecular flexibility index (Phi) is 3.53. The third-order valence-electron chi connectivity index (χ3n) is 3.14. The lowest BCUT2D eigenvalue weighted by molar-refractivity contribution is 0.102. The number of imidazole rings is 1. The summed E-state index contributed by atoms with van der Waals surface area (Å²) in [6.45, 7) is 1.93. The van der Waals surface area contributed by atoms with Crippen molar-refractivity contribution in [1.82, 2.24) is 20.2 Å². The van der Waals surface area contributed by atoms with Crippen molar-refractivity contribution in [2.45, 2.75) is 6.92 Å². The molecule has 1 amide bonds. The van der Waals surface area contributed by atoms with Crippen LogP contribution in [0.2, 0.25) is 0 Å². The van der Waals surface area contributed by atoms with E-state index >= 15 is 0 Å². The number of rotatable bonds is 3. The molecule has 0 bridgehead atoms. The predicted octanol–water partition coefficient (Wildman–Crippen LogP) is 1.72. The van der Waals surface area contributed by atoms with Gasteiger partial charge in [-0.1, -0.05) is 12.1 Å². The summed E-state index contributed by atoms with van der Waals surface area (Å²) in [7, 11) is 0. The third-order valence-corrected chi connectivity index (χ3v) is 3.14. The van der Waals surface area contributed by atoms with Gasteiger partial charge in [-0.05, 0) is 25.1 Å². The van der Waals surface area contributed by atoms with E-state index in [4.69, 9.17) is 0 Å². The number of aromatic amines is 2. The first-order chi connectivity index (χ1) is 10.6. The summed E-state index contributed by atoms with van der Waals surface area (Å²) in [4.78, 5) is 30.3. The molecule has 0 saturated carbocycles. The van der Waals surface area contributed by atoms with E-state index in [2.05, 4.69) is 25.5 Å². The highest BCUT2D eigenvalue weighted by Gasteiger charge is 2.10. The molecule has 0 unspecified atom stereocenters. The molecule has 0 saturated heterocycles. The largest absolute Gasteiger partial charge is 0.348 e. The fraction of sp³-hybridized carbons (Fsp3) is 0.0667. The fourth-order valence-electron chi connectivity index (χ4n) is 2.06. The van der Waals surface area contributed by atoms with Crippen LogP contribution in [0, 0.1) is 6.92 Å². The van der Waals surface area contributed by atoms with E-state index in [1.165, 1.54) is 12.1 Å². The van der Waals surface area contributed by atoms with Crippen molar-refractivity contribution in [2.24, 2.45) is 0 Å². The molecule has 22 heavy (non-hydrogen) atoms. The van der Waals surface area contributed by atoms with Gasteiger partial charge in [-0.2, -0.15) is 5.10 Å². The van der Waals surface area contributed by atoms with Crippen LogP contribution in [0.5, 0.6) is 0 Å². The van der Waals surface area contributed by atoms with Gasteiger partial charge in [-0.15, -0.1) is 0 Å². The topological polar surface area (TPSA) is 104 Å². The molecular formula is C15H13N5O2. The molecule has 0 fully saturated rings. The number of hydrogen-bond donors (Lipinski definition) is 3. The van der Waals surface area contributed by atoms with Crippen LogP contribution in [0.25, 0.3) is 11.3 Å². The highest BCUT2D eigenvalue weighted by atomic mass is 16.2. The third kappa shape index (κ3) is 2.78. The van der Waals surface area contributed by atoms with E-state index in [1.807, 2.05) is 25.1 Å². The van der Waals surface area contributed by atoms with Crippen molar-refractivity contribution in [2.75, 3.05) is 5.32 Å². The number of aryl methyl sites for hydroxylation is 1. The Morgan fingerprint density at radius 1 is 1.23 bits per heavy atom. The molecule has 0 aliphatic heterocycles. The summed E-state index contributed by atoms with van der Waals surface area (Å²) in [6.07, 6.45) is 1.63. The zero-order valence-corrected chi connectivity index (χ0v) is 11.8. The number of hydrogen-bond acceptors (Lipinski definition) is 4. The second kappa shape index (κ2) is 5.65. The first-order valence-electron chi connectivity index (χ1n) is 6.61. The number of nitrogens with one attached hydrogen (secondary N) is 3. The second-order valence-corrected chi connectivity index (χ2v) is 4.72. The maximum atomic E-state index is 12.1. The summed E-state index contributed by atoms with van der Waals surface area (Å²) in [6, 6.07) is 9.97. The van der Waals surface area contributed by atoms with Crippen molar-refractivity contribution in [3.63, 3.8) is 0 Å². The molecule has 0 spiro atoms. The van der Waals surface area contributed by atoms with E-state index in [0.717, 1.165) is 17.0 Å². The highest BCUT2D eigenvalue weighted by Crippen LogP contribution is 2.23. The Bertz CT molecular complexity index is 861. The summed E-state index contributed by atoms with van der Waals surface area (Å²) < 4.78 is 0. The predicted molar refractivity (Wildman–Crippen MR) is 81.6 cm³/mol. The number of anilines is 1. The Balaban J connectivity index is 1.84. The van der Waals surface area contributed by atoms with E-state index in [0.29, 0.717) is 5.69 Å². The summed E-state index contributed by atoms with van der Waals surface area (Å²) in [5.41, 5.74) is 3.08. The van der Waals surface area contributed by atoms with Gasteiger partial charge in [0.1, 0.15) is 5.69 Å². The standard InChI is InChI=1S/C15H13N5O2/c1-9-14(17-8-16-9)10-3-2-4-11(7-10)18-15(22)12-5-6-13(21)20-19-12/h2-8H,1H3,(H,16,17)(H,18,22)(H,20,21). The first-order valence-corrected chi connectivity index (χ1v) is 6.61. The van der Waals surface area contributed by atoms with E-state index < -0.39 is 5.91 Å². The first kappa shape index (κ1) is 13.7. The average molecular weight is 295 g/mol. The van der Waals surface area contributed by atoms with Gasteiger partial charge in [0.2, 0.25) is 0 Å². The molecule has 2 aromatic heterocycles. The van der Waals surface area contributed by atoms with Crippen LogP contribution >= 0.6 is 0 Å². The molecule has 3 N–H and O–H groups in total. The second-order valence-electron chi connectivity index (χ2n) is 4.72. The Hall–Kier alpha value is -3.22. The van der Waals surface area contributed by atoms with Gasteiger partial charge < -0.3 is 10.3 Å². The van der Waals surface area contributed by atoms with Gasteiger partial charge in [0, 0.05) is 23.0 Å². The minimum absolute atomic E-state index is 0.140. The average Bonchev–Trinajstić information content (AvgIpc) is 2.94. The minimum Gasteiger partial charge on any atom is -0.348 e. The summed E-state index contributed by atoms with van der Waals surface area (Å²) >= 11 is 0. The molecule has 3 rings (SSSR count). The summed E-state index contributed by atoms with van der Waals surface area (Å²) in [5, 5.41) is 8.66. The Labute approximate surface area is 125 Å². The molecule has 0 aliphatic carbocycles. The number of benzene rings is 1. The molecule has 0 radical (unpaired) electrons. The van der Waals surface area contributed by atoms with Gasteiger partial charge >= 0.3 is 0 Å². The van der Waals surface area contributed by atoms with Gasteiger partial charge in [-0.3, -0.25) is 9.59 Å². The minimum atomic E-state index is -0.396. The molecule has 1 aromatic carbocycles. The zero-order chi connectivity index (χ0) is 15.5.